The van der Waals surface area contributed by atoms with E-state index in [1.54, 1.807) is 18.3 Å². The lowest BCUT2D eigenvalue weighted by Gasteiger charge is -2.19. The van der Waals surface area contributed by atoms with E-state index in [1.807, 2.05) is 36.4 Å². The van der Waals surface area contributed by atoms with E-state index in [4.69, 9.17) is 3.79 Å². The number of aromatic nitrogens is 1. The summed E-state index contributed by atoms with van der Waals surface area (Å²) in [6.07, 6.45) is 1.70. The van der Waals surface area contributed by atoms with Crippen molar-refractivity contribution in [2.24, 2.45) is 0 Å². The van der Waals surface area contributed by atoms with Crippen molar-refractivity contribution in [1.82, 2.24) is 4.98 Å². The molecule has 4 heteroatoms. The largest absolute Gasteiger partial charge is 0.652 e. The molecule has 1 heterocycles. The van der Waals surface area contributed by atoms with Crippen LogP contribution in [0.1, 0.15) is 42.3 Å². The van der Waals surface area contributed by atoms with Crippen molar-refractivity contribution in [1.29, 1.82) is 0 Å². The molecule has 3 rings (SSSR count). The van der Waals surface area contributed by atoms with Crippen molar-refractivity contribution in [2.75, 3.05) is 0 Å². The molecule has 0 amide bonds. The number of pyridine rings is 1. The molecule has 0 fully saturated rings. The second-order valence-electron chi connectivity index (χ2n) is 6.79. The van der Waals surface area contributed by atoms with Gasteiger partial charge in [0.15, 0.2) is 5.78 Å². The van der Waals surface area contributed by atoms with Gasteiger partial charge in [0.05, 0.1) is 0 Å². The third-order valence-corrected chi connectivity index (χ3v) is 4.37. The van der Waals surface area contributed by atoms with Gasteiger partial charge in [-0.3, -0.25) is 9.78 Å². The Morgan fingerprint density at radius 3 is 2.38 bits per heavy atom. The van der Waals surface area contributed by atoms with Crippen LogP contribution in [0.25, 0.3) is 10.9 Å². The van der Waals surface area contributed by atoms with E-state index in [-0.39, 0.29) is 11.2 Å². The van der Waals surface area contributed by atoms with Gasteiger partial charge in [-0.1, -0.05) is 51.1 Å². The first-order valence-corrected chi connectivity index (χ1v) is 8.28. The monoisotopic (exact) mass is 331 g/mol. The number of carbonyl (C=O) groups is 1. The van der Waals surface area contributed by atoms with Gasteiger partial charge >= 0.3 is 16.6 Å². The Balaban J connectivity index is 2.06. The lowest BCUT2D eigenvalue weighted by Crippen LogP contribution is -2.11. The minimum atomic E-state index is -0.0104. The molecule has 0 saturated carbocycles. The lowest BCUT2D eigenvalue weighted by molar-refractivity contribution is 0.104. The number of rotatable bonds is 3. The quantitative estimate of drug-likeness (QED) is 0.533. The smallest absolute Gasteiger partial charge is 0.482 e. The Labute approximate surface area is 150 Å². The molecule has 24 heavy (non-hydrogen) atoms. The van der Waals surface area contributed by atoms with Gasteiger partial charge < -0.3 is 3.79 Å². The highest BCUT2D eigenvalue weighted by atomic mass is 27.1. The number of benzene rings is 2. The Hall–Kier alpha value is -2.15. The molecule has 0 atom stereocenters. The van der Waals surface area contributed by atoms with Crippen LogP contribution in [-0.2, 0) is 5.41 Å². The Morgan fingerprint density at radius 2 is 1.75 bits per heavy atom. The van der Waals surface area contributed by atoms with Gasteiger partial charge in [-0.2, -0.15) is 0 Å². The summed E-state index contributed by atoms with van der Waals surface area (Å²) in [5.41, 5.74) is 3.26. The number of nitrogens with zero attached hydrogens (tertiary/aromatic N) is 1. The van der Waals surface area contributed by atoms with E-state index >= 15 is 0 Å². The van der Waals surface area contributed by atoms with Crippen LogP contribution in [0, 0.1) is 0 Å². The van der Waals surface area contributed by atoms with Gasteiger partial charge in [-0.05, 0) is 29.2 Å². The highest BCUT2D eigenvalue weighted by Gasteiger charge is 2.17. The molecular weight excluding hydrogens is 313 g/mol. The first kappa shape index (κ1) is 16.7. The predicted molar refractivity (Wildman–Crippen MR) is 96.7 cm³/mol. The normalized spacial score (nSPS) is 11.5. The van der Waals surface area contributed by atoms with Crippen LogP contribution in [0.15, 0.2) is 54.7 Å². The fraction of sp³-hybridized carbons (Fsp3) is 0.200. The molecule has 2 aromatic carbocycles. The average molecular weight is 331 g/mol. The van der Waals surface area contributed by atoms with Crippen molar-refractivity contribution < 1.29 is 8.58 Å². The van der Waals surface area contributed by atoms with Crippen molar-refractivity contribution in [2.45, 2.75) is 26.2 Å². The molecule has 0 aliphatic heterocycles. The van der Waals surface area contributed by atoms with Crippen molar-refractivity contribution in [3.63, 3.8) is 0 Å². The molecule has 0 bridgehead atoms. The summed E-state index contributed by atoms with van der Waals surface area (Å²) in [7, 11) is 0. The SMILES string of the molecule is CC(C)(C)c1ccc(C(=O)c2ccc([O][Al])c3ncccc23)cc1. The van der Waals surface area contributed by atoms with Crippen LogP contribution >= 0.6 is 0 Å². The van der Waals surface area contributed by atoms with E-state index in [2.05, 4.69) is 42.4 Å². The van der Waals surface area contributed by atoms with Gasteiger partial charge in [0, 0.05) is 22.7 Å². The van der Waals surface area contributed by atoms with E-state index in [0.717, 1.165) is 5.39 Å². The van der Waals surface area contributed by atoms with Crippen LogP contribution in [0.4, 0.5) is 0 Å². The third kappa shape index (κ3) is 3.08. The minimum absolute atomic E-state index is 0.0104. The molecule has 118 valence electrons. The highest BCUT2D eigenvalue weighted by molar-refractivity contribution is 6.17. The highest BCUT2D eigenvalue weighted by Crippen LogP contribution is 2.28. The van der Waals surface area contributed by atoms with Gasteiger partial charge in [-0.25, -0.2) is 0 Å². The van der Waals surface area contributed by atoms with Crippen molar-refractivity contribution >= 4 is 33.3 Å². The molecule has 1 aromatic heterocycles. The molecule has 0 N–H and O–H groups in total. The maximum Gasteiger partial charge on any atom is 0.482 e. The standard InChI is InChI=1S/C20H19NO2.Al/c1-20(2,3)14-8-6-13(7-9-14)19(23)16-10-11-17(22)18-15(16)5-4-12-21-18;/h4-12,22H,1-3H3;/q;+1/p-1. The maximum atomic E-state index is 12.9. The van der Waals surface area contributed by atoms with Crippen LogP contribution < -0.4 is 3.79 Å². The second kappa shape index (κ2) is 6.39. The summed E-state index contributed by atoms with van der Waals surface area (Å²) in [6, 6.07) is 15.1. The Bertz CT molecular complexity index is 896. The molecular formula is C20H18AlNO2. The van der Waals surface area contributed by atoms with E-state index in [9.17, 15) is 4.79 Å². The summed E-state index contributed by atoms with van der Waals surface area (Å²) in [6.45, 7) is 6.47. The van der Waals surface area contributed by atoms with Gasteiger partial charge in [-0.15, -0.1) is 0 Å². The molecule has 0 aliphatic rings. The molecule has 3 aromatic rings. The van der Waals surface area contributed by atoms with Crippen molar-refractivity contribution in [3.8, 4) is 5.75 Å². The number of hydrogen-bond acceptors (Lipinski definition) is 3. The second-order valence-corrected chi connectivity index (χ2v) is 7.02. The topological polar surface area (TPSA) is 39.2 Å². The van der Waals surface area contributed by atoms with Crippen LogP contribution in [-0.4, -0.2) is 27.4 Å². The van der Waals surface area contributed by atoms with Crippen LogP contribution in [0.3, 0.4) is 0 Å². The summed E-state index contributed by atoms with van der Waals surface area (Å²) in [5.74, 6) is 0.624. The van der Waals surface area contributed by atoms with Gasteiger partial charge in [0.2, 0.25) is 0 Å². The fourth-order valence-electron chi connectivity index (χ4n) is 2.72. The first-order chi connectivity index (χ1) is 11.4. The Morgan fingerprint density at radius 1 is 1.04 bits per heavy atom. The predicted octanol–water partition coefficient (Wildman–Crippen LogP) is 4.23. The van der Waals surface area contributed by atoms with E-state index in [1.165, 1.54) is 5.56 Å². The molecule has 0 spiro atoms. The van der Waals surface area contributed by atoms with E-state index < -0.39 is 0 Å². The zero-order valence-corrected chi connectivity index (χ0v) is 15.2. The zero-order valence-electron chi connectivity index (χ0n) is 14.0. The van der Waals surface area contributed by atoms with Gasteiger partial charge in [0.1, 0.15) is 11.3 Å². The number of hydrogen-bond donors (Lipinski definition) is 0. The summed E-state index contributed by atoms with van der Waals surface area (Å²) in [4.78, 5) is 17.3. The third-order valence-electron chi connectivity index (χ3n) is 4.12. The molecule has 0 aliphatic carbocycles. The van der Waals surface area contributed by atoms with Crippen molar-refractivity contribution in [3.05, 3.63) is 71.4 Å². The minimum Gasteiger partial charge on any atom is -0.652 e. The van der Waals surface area contributed by atoms with E-state index in [0.29, 0.717) is 22.4 Å². The molecule has 0 saturated heterocycles. The van der Waals surface area contributed by atoms with Gasteiger partial charge in [0.25, 0.3) is 0 Å². The summed E-state index contributed by atoms with van der Waals surface area (Å²) in [5, 5.41) is 0.794. The average Bonchev–Trinajstić information content (AvgIpc) is 2.59. The number of ketones is 1. The Kier molecular flexibility index (Phi) is 4.45. The molecule has 0 unspecified atom stereocenters. The lowest BCUT2D eigenvalue weighted by atomic mass is 9.86. The summed E-state index contributed by atoms with van der Waals surface area (Å²) < 4.78 is 5.26. The first-order valence-electron chi connectivity index (χ1n) is 7.81. The molecule has 3 nitrogen and oxygen atoms in total. The zero-order chi connectivity index (χ0) is 17.3. The number of fused-ring (bicyclic) bond motifs is 1. The molecule has 2 radical (unpaired) electrons. The summed E-state index contributed by atoms with van der Waals surface area (Å²) >= 11 is 2.22. The van der Waals surface area contributed by atoms with Crippen LogP contribution in [0.5, 0.6) is 5.75 Å². The fourth-order valence-corrected chi connectivity index (χ4v) is 2.91. The maximum absolute atomic E-state index is 12.9. The number of carbonyl (C=O) groups excluding carboxylic acids is 1. The van der Waals surface area contributed by atoms with Crippen LogP contribution in [0.2, 0.25) is 0 Å².